The highest BCUT2D eigenvalue weighted by molar-refractivity contribution is 7.98. The Hall–Kier alpha value is -2.54. The molecule has 0 aliphatic rings. The fourth-order valence-electron chi connectivity index (χ4n) is 2.47. The van der Waals surface area contributed by atoms with E-state index < -0.39 is 0 Å². The average molecular weight is 325 g/mol. The van der Waals surface area contributed by atoms with Gasteiger partial charge in [-0.15, -0.1) is 10.2 Å². The maximum atomic E-state index is 5.38. The van der Waals surface area contributed by atoms with Crippen molar-refractivity contribution in [3.63, 3.8) is 0 Å². The summed E-state index contributed by atoms with van der Waals surface area (Å²) >= 11 is 1.61. The normalized spacial score (nSPS) is 11.4. The second kappa shape index (κ2) is 5.58. The number of imidazole rings is 1. The molecule has 0 radical (unpaired) electrons. The van der Waals surface area contributed by atoms with Gasteiger partial charge in [-0.25, -0.2) is 4.98 Å². The molecule has 0 aromatic carbocycles. The van der Waals surface area contributed by atoms with Gasteiger partial charge < -0.3 is 13.4 Å². The Morgan fingerprint density at radius 1 is 1.22 bits per heavy atom. The lowest BCUT2D eigenvalue weighted by Crippen LogP contribution is -1.94. The van der Waals surface area contributed by atoms with E-state index in [4.69, 9.17) is 4.42 Å². The lowest BCUT2D eigenvalue weighted by molar-refractivity contribution is 0.572. The van der Waals surface area contributed by atoms with Gasteiger partial charge in [0.1, 0.15) is 5.65 Å². The molecule has 4 aromatic rings. The van der Waals surface area contributed by atoms with Crippen LogP contribution in [0.15, 0.2) is 52.5 Å². The number of hydrogen-bond acceptors (Lipinski definition) is 5. The van der Waals surface area contributed by atoms with Gasteiger partial charge >= 0.3 is 0 Å². The fourth-order valence-corrected chi connectivity index (χ4v) is 3.27. The number of rotatable bonds is 4. The van der Waals surface area contributed by atoms with Gasteiger partial charge in [-0.05, 0) is 30.7 Å². The Morgan fingerprint density at radius 3 is 2.91 bits per heavy atom. The SMILES string of the molecule is Cc1cccn2cc(CSc3nnc(-c4ccco4)n3C)nc12. The molecule has 0 aliphatic carbocycles. The summed E-state index contributed by atoms with van der Waals surface area (Å²) in [5.41, 5.74) is 3.19. The molecule has 0 saturated heterocycles. The molecule has 0 unspecified atom stereocenters. The Bertz CT molecular complexity index is 954. The van der Waals surface area contributed by atoms with E-state index in [-0.39, 0.29) is 0 Å². The summed E-state index contributed by atoms with van der Waals surface area (Å²) in [6.07, 6.45) is 5.70. The van der Waals surface area contributed by atoms with Gasteiger partial charge in [0.25, 0.3) is 0 Å². The quantitative estimate of drug-likeness (QED) is 0.539. The number of pyridine rings is 1. The summed E-state index contributed by atoms with van der Waals surface area (Å²) in [7, 11) is 1.94. The van der Waals surface area contributed by atoms with Crippen molar-refractivity contribution in [3.8, 4) is 11.6 Å². The van der Waals surface area contributed by atoms with Gasteiger partial charge in [-0.1, -0.05) is 17.8 Å². The van der Waals surface area contributed by atoms with Crippen LogP contribution >= 0.6 is 11.8 Å². The largest absolute Gasteiger partial charge is 0.461 e. The molecule has 0 amide bonds. The van der Waals surface area contributed by atoms with E-state index in [9.17, 15) is 0 Å². The minimum absolute atomic E-state index is 0.718. The number of aryl methyl sites for hydroxylation is 1. The summed E-state index contributed by atoms with van der Waals surface area (Å²) in [4.78, 5) is 4.68. The standard InChI is InChI=1S/C16H15N5OS/c1-11-5-3-7-21-9-12(17-14(11)21)10-23-16-19-18-15(20(16)2)13-6-4-8-22-13/h3-9H,10H2,1-2H3. The Balaban J connectivity index is 1.56. The van der Waals surface area contributed by atoms with Crippen LogP contribution in [-0.4, -0.2) is 24.1 Å². The summed E-state index contributed by atoms with van der Waals surface area (Å²) in [6, 6.07) is 7.82. The second-order valence-electron chi connectivity index (χ2n) is 5.29. The van der Waals surface area contributed by atoms with Gasteiger partial charge in [0, 0.05) is 25.2 Å². The minimum Gasteiger partial charge on any atom is -0.461 e. The topological polar surface area (TPSA) is 61.1 Å². The van der Waals surface area contributed by atoms with Crippen LogP contribution in [0.1, 0.15) is 11.3 Å². The zero-order chi connectivity index (χ0) is 15.8. The average Bonchev–Trinajstić information content (AvgIpc) is 3.25. The van der Waals surface area contributed by atoms with E-state index in [0.717, 1.165) is 33.8 Å². The molecule has 6 nitrogen and oxygen atoms in total. The molecule has 0 saturated carbocycles. The number of thioether (sulfide) groups is 1. The Labute approximate surface area is 137 Å². The molecular weight excluding hydrogens is 310 g/mol. The molecule has 0 bridgehead atoms. The van der Waals surface area contributed by atoms with Crippen molar-refractivity contribution in [2.45, 2.75) is 17.8 Å². The molecule has 0 N–H and O–H groups in total. The zero-order valence-electron chi connectivity index (χ0n) is 12.8. The van der Waals surface area contributed by atoms with Crippen LogP contribution in [0.2, 0.25) is 0 Å². The lowest BCUT2D eigenvalue weighted by Gasteiger charge is -2.00. The third-order valence-corrected chi connectivity index (χ3v) is 4.71. The molecule has 116 valence electrons. The van der Waals surface area contributed by atoms with Crippen molar-refractivity contribution in [2.24, 2.45) is 7.05 Å². The minimum atomic E-state index is 0.718. The van der Waals surface area contributed by atoms with Crippen LogP contribution in [0.5, 0.6) is 0 Å². The number of nitrogens with zero attached hydrogens (tertiary/aromatic N) is 5. The first-order chi connectivity index (χ1) is 11.2. The van der Waals surface area contributed by atoms with Crippen molar-refractivity contribution in [1.82, 2.24) is 24.1 Å². The highest BCUT2D eigenvalue weighted by Crippen LogP contribution is 2.25. The predicted octanol–water partition coefficient (Wildman–Crippen LogP) is 3.32. The first-order valence-corrected chi connectivity index (χ1v) is 8.20. The summed E-state index contributed by atoms with van der Waals surface area (Å²) in [5.74, 6) is 2.18. The number of hydrogen-bond donors (Lipinski definition) is 0. The van der Waals surface area contributed by atoms with E-state index in [0.29, 0.717) is 0 Å². The summed E-state index contributed by atoms with van der Waals surface area (Å²) in [6.45, 7) is 2.07. The molecule has 7 heteroatoms. The predicted molar refractivity (Wildman–Crippen MR) is 88.2 cm³/mol. The van der Waals surface area contributed by atoms with E-state index in [1.807, 2.05) is 36.0 Å². The van der Waals surface area contributed by atoms with Crippen LogP contribution in [0.3, 0.4) is 0 Å². The van der Waals surface area contributed by atoms with Crippen molar-refractivity contribution < 1.29 is 4.42 Å². The van der Waals surface area contributed by atoms with Crippen molar-refractivity contribution in [3.05, 3.63) is 54.2 Å². The molecule has 0 spiro atoms. The molecule has 0 atom stereocenters. The first-order valence-electron chi connectivity index (χ1n) is 7.21. The Morgan fingerprint density at radius 2 is 2.13 bits per heavy atom. The number of furan rings is 1. The highest BCUT2D eigenvalue weighted by Gasteiger charge is 2.14. The van der Waals surface area contributed by atoms with Crippen LogP contribution in [0.25, 0.3) is 17.2 Å². The van der Waals surface area contributed by atoms with E-state index >= 15 is 0 Å². The third kappa shape index (κ3) is 2.53. The van der Waals surface area contributed by atoms with Gasteiger partial charge in [0.15, 0.2) is 16.7 Å². The number of fused-ring (bicyclic) bond motifs is 1. The Kier molecular flexibility index (Phi) is 3.42. The molecule has 4 heterocycles. The van der Waals surface area contributed by atoms with Crippen molar-refractivity contribution in [1.29, 1.82) is 0 Å². The maximum absolute atomic E-state index is 5.38. The molecule has 0 fully saturated rings. The smallest absolute Gasteiger partial charge is 0.200 e. The van der Waals surface area contributed by atoms with Crippen LogP contribution in [0.4, 0.5) is 0 Å². The molecular formula is C16H15N5OS. The van der Waals surface area contributed by atoms with Crippen LogP contribution in [0, 0.1) is 6.92 Å². The first kappa shape index (κ1) is 14.1. The van der Waals surface area contributed by atoms with Gasteiger partial charge in [0.2, 0.25) is 0 Å². The maximum Gasteiger partial charge on any atom is 0.200 e. The fraction of sp³-hybridized carbons (Fsp3) is 0.188. The van der Waals surface area contributed by atoms with E-state index in [1.165, 1.54) is 5.56 Å². The zero-order valence-corrected chi connectivity index (χ0v) is 13.6. The van der Waals surface area contributed by atoms with Gasteiger partial charge in [-0.3, -0.25) is 0 Å². The third-order valence-electron chi connectivity index (χ3n) is 3.65. The lowest BCUT2D eigenvalue weighted by atomic mass is 10.3. The van der Waals surface area contributed by atoms with E-state index in [2.05, 4.69) is 38.8 Å². The van der Waals surface area contributed by atoms with Crippen LogP contribution in [-0.2, 0) is 12.8 Å². The monoisotopic (exact) mass is 325 g/mol. The highest BCUT2D eigenvalue weighted by atomic mass is 32.2. The summed E-state index contributed by atoms with van der Waals surface area (Å²) < 4.78 is 9.37. The molecule has 4 rings (SSSR count). The van der Waals surface area contributed by atoms with E-state index in [1.54, 1.807) is 18.0 Å². The molecule has 4 aromatic heterocycles. The van der Waals surface area contributed by atoms with Gasteiger partial charge in [-0.2, -0.15) is 0 Å². The summed E-state index contributed by atoms with van der Waals surface area (Å²) in [5, 5.41) is 9.28. The van der Waals surface area contributed by atoms with Gasteiger partial charge in [0.05, 0.1) is 12.0 Å². The molecule has 0 aliphatic heterocycles. The van der Waals surface area contributed by atoms with Crippen molar-refractivity contribution in [2.75, 3.05) is 0 Å². The van der Waals surface area contributed by atoms with Crippen LogP contribution < -0.4 is 0 Å². The molecule has 23 heavy (non-hydrogen) atoms. The number of aromatic nitrogens is 5. The van der Waals surface area contributed by atoms with Crippen molar-refractivity contribution >= 4 is 17.4 Å². The second-order valence-corrected chi connectivity index (χ2v) is 6.23.